The predicted molar refractivity (Wildman–Crippen MR) is 84.3 cm³/mol. The van der Waals surface area contributed by atoms with E-state index in [4.69, 9.17) is 0 Å². The van der Waals surface area contributed by atoms with E-state index in [2.05, 4.69) is 43.4 Å². The highest BCUT2D eigenvalue weighted by Crippen LogP contribution is 2.16. The molecule has 0 bridgehead atoms. The highest BCUT2D eigenvalue weighted by Gasteiger charge is 2.08. The van der Waals surface area contributed by atoms with Crippen molar-refractivity contribution >= 4 is 21.6 Å². The van der Waals surface area contributed by atoms with Gasteiger partial charge in [-0.3, -0.25) is 9.48 Å². The van der Waals surface area contributed by atoms with E-state index in [1.54, 1.807) is 17.2 Å². The van der Waals surface area contributed by atoms with Gasteiger partial charge in [0.1, 0.15) is 10.8 Å². The first kappa shape index (κ1) is 15.7. The van der Waals surface area contributed by atoms with Gasteiger partial charge in [0.25, 0.3) is 5.56 Å². The molecule has 114 valence electrons. The Kier molecular flexibility index (Phi) is 5.49. The molecule has 21 heavy (non-hydrogen) atoms. The second-order valence-corrected chi connectivity index (χ2v) is 5.56. The number of rotatable bonds is 7. The summed E-state index contributed by atoms with van der Waals surface area (Å²) in [6.45, 7) is 3.37. The number of hydrogen-bond acceptors (Lipinski definition) is 5. The Morgan fingerprint density at radius 3 is 2.90 bits per heavy atom. The molecular formula is C13H19BrN6O. The van der Waals surface area contributed by atoms with Crippen LogP contribution < -0.4 is 10.9 Å². The third kappa shape index (κ3) is 4.13. The second kappa shape index (κ2) is 7.35. The van der Waals surface area contributed by atoms with Gasteiger partial charge in [0.05, 0.1) is 11.9 Å². The molecule has 0 amide bonds. The Bertz CT molecular complexity index is 650. The number of unbranched alkanes of at least 4 members (excludes halogenated alkanes) is 1. The van der Waals surface area contributed by atoms with Crippen LogP contribution in [0.25, 0.3) is 0 Å². The maximum absolute atomic E-state index is 12.1. The van der Waals surface area contributed by atoms with Crippen molar-refractivity contribution in [2.75, 3.05) is 11.9 Å². The summed E-state index contributed by atoms with van der Waals surface area (Å²) in [7, 11) is 1.83. The second-order valence-electron chi connectivity index (χ2n) is 4.77. The summed E-state index contributed by atoms with van der Waals surface area (Å²) in [4.78, 5) is 16.3. The first-order valence-electron chi connectivity index (χ1n) is 6.95. The van der Waals surface area contributed by atoms with E-state index in [-0.39, 0.29) is 5.56 Å². The number of hydrogen-bond donors (Lipinski definition) is 1. The monoisotopic (exact) mass is 354 g/mol. The molecule has 0 saturated heterocycles. The normalized spacial score (nSPS) is 10.8. The lowest BCUT2D eigenvalue weighted by atomic mass is 10.3. The molecule has 0 aliphatic heterocycles. The maximum atomic E-state index is 12.1. The van der Waals surface area contributed by atoms with Crippen LogP contribution in [0.2, 0.25) is 0 Å². The molecule has 2 aromatic heterocycles. The molecule has 0 fully saturated rings. The van der Waals surface area contributed by atoms with Crippen molar-refractivity contribution < 1.29 is 0 Å². The SMILES string of the molecule is CCCCn1ncc(NCCc2ncn(C)n2)c(Br)c1=O. The van der Waals surface area contributed by atoms with E-state index in [0.717, 1.165) is 18.7 Å². The molecule has 1 N–H and O–H groups in total. The molecule has 0 saturated carbocycles. The Hall–Kier alpha value is -1.70. The molecule has 0 aliphatic rings. The fourth-order valence-corrected chi connectivity index (χ4v) is 2.31. The van der Waals surface area contributed by atoms with Crippen LogP contribution in [0.15, 0.2) is 21.8 Å². The lowest BCUT2D eigenvalue weighted by Crippen LogP contribution is -2.25. The Morgan fingerprint density at radius 1 is 1.43 bits per heavy atom. The molecule has 2 aromatic rings. The summed E-state index contributed by atoms with van der Waals surface area (Å²) in [5.74, 6) is 0.769. The quantitative estimate of drug-likeness (QED) is 0.816. The lowest BCUT2D eigenvalue weighted by molar-refractivity contribution is 0.541. The van der Waals surface area contributed by atoms with Crippen LogP contribution >= 0.6 is 15.9 Å². The van der Waals surface area contributed by atoms with Crippen LogP contribution in [0.1, 0.15) is 25.6 Å². The minimum absolute atomic E-state index is 0.107. The summed E-state index contributed by atoms with van der Waals surface area (Å²) in [5.41, 5.74) is 0.591. The Morgan fingerprint density at radius 2 is 2.24 bits per heavy atom. The van der Waals surface area contributed by atoms with Gasteiger partial charge in [-0.25, -0.2) is 9.67 Å². The van der Waals surface area contributed by atoms with Crippen LogP contribution in [0, 0.1) is 0 Å². The zero-order chi connectivity index (χ0) is 15.2. The van der Waals surface area contributed by atoms with Crippen molar-refractivity contribution in [1.29, 1.82) is 0 Å². The van der Waals surface area contributed by atoms with Crippen molar-refractivity contribution in [2.24, 2.45) is 7.05 Å². The number of aryl methyl sites for hydroxylation is 2. The number of nitrogens with zero attached hydrogens (tertiary/aromatic N) is 5. The molecule has 8 heteroatoms. The first-order chi connectivity index (χ1) is 10.1. The Labute approximate surface area is 131 Å². The molecule has 0 unspecified atom stereocenters. The average Bonchev–Trinajstić information content (AvgIpc) is 2.88. The van der Waals surface area contributed by atoms with E-state index in [1.165, 1.54) is 4.68 Å². The third-order valence-electron chi connectivity index (χ3n) is 3.02. The van der Waals surface area contributed by atoms with Crippen molar-refractivity contribution in [3.63, 3.8) is 0 Å². The van der Waals surface area contributed by atoms with Gasteiger partial charge in [-0.15, -0.1) is 0 Å². The Balaban J connectivity index is 1.97. The van der Waals surface area contributed by atoms with Gasteiger partial charge >= 0.3 is 0 Å². The largest absolute Gasteiger partial charge is 0.382 e. The van der Waals surface area contributed by atoms with Crippen molar-refractivity contribution in [2.45, 2.75) is 32.7 Å². The minimum Gasteiger partial charge on any atom is -0.382 e. The molecule has 2 heterocycles. The molecule has 0 aliphatic carbocycles. The van der Waals surface area contributed by atoms with Gasteiger partial charge < -0.3 is 5.32 Å². The molecular weight excluding hydrogens is 336 g/mol. The van der Waals surface area contributed by atoms with E-state index >= 15 is 0 Å². The standard InChI is InChI=1S/C13H19BrN6O/c1-3-4-7-20-13(21)12(14)10(8-17-20)15-6-5-11-16-9-19(2)18-11/h8-9,15H,3-7H2,1-2H3. The van der Waals surface area contributed by atoms with Gasteiger partial charge in [-0.1, -0.05) is 13.3 Å². The van der Waals surface area contributed by atoms with Crippen LogP contribution in [-0.2, 0) is 20.0 Å². The third-order valence-corrected chi connectivity index (χ3v) is 3.79. The van der Waals surface area contributed by atoms with Crippen molar-refractivity contribution in [3.05, 3.63) is 33.2 Å². The smallest absolute Gasteiger partial charge is 0.283 e. The highest BCUT2D eigenvalue weighted by atomic mass is 79.9. The van der Waals surface area contributed by atoms with Crippen molar-refractivity contribution in [3.8, 4) is 0 Å². The fourth-order valence-electron chi connectivity index (χ4n) is 1.86. The number of anilines is 1. The number of halogens is 1. The molecule has 0 spiro atoms. The molecule has 2 rings (SSSR count). The van der Waals surface area contributed by atoms with Crippen molar-refractivity contribution in [1.82, 2.24) is 24.5 Å². The van der Waals surface area contributed by atoms with E-state index in [9.17, 15) is 4.79 Å². The summed E-state index contributed by atoms with van der Waals surface area (Å²) < 4.78 is 3.67. The predicted octanol–water partition coefficient (Wildman–Crippen LogP) is 1.59. The molecule has 0 radical (unpaired) electrons. The van der Waals surface area contributed by atoms with Gasteiger partial charge in [0.2, 0.25) is 0 Å². The summed E-state index contributed by atoms with van der Waals surface area (Å²) in [5, 5.41) is 11.6. The highest BCUT2D eigenvalue weighted by molar-refractivity contribution is 9.10. The first-order valence-corrected chi connectivity index (χ1v) is 7.75. The van der Waals surface area contributed by atoms with Crippen LogP contribution in [0.5, 0.6) is 0 Å². The average molecular weight is 355 g/mol. The molecule has 0 atom stereocenters. The van der Waals surface area contributed by atoms with Gasteiger partial charge in [0.15, 0.2) is 5.82 Å². The minimum atomic E-state index is -0.107. The topological polar surface area (TPSA) is 77.6 Å². The van der Waals surface area contributed by atoms with Crippen LogP contribution in [0.3, 0.4) is 0 Å². The van der Waals surface area contributed by atoms with Gasteiger partial charge in [-0.05, 0) is 22.4 Å². The summed E-state index contributed by atoms with van der Waals surface area (Å²) in [6.07, 6.45) is 6.00. The van der Waals surface area contributed by atoms with Gasteiger partial charge in [0, 0.05) is 26.6 Å². The zero-order valence-electron chi connectivity index (χ0n) is 12.2. The van der Waals surface area contributed by atoms with Crippen LogP contribution in [0.4, 0.5) is 5.69 Å². The van der Waals surface area contributed by atoms with Crippen LogP contribution in [-0.4, -0.2) is 31.1 Å². The molecule has 0 aromatic carbocycles. The van der Waals surface area contributed by atoms with Gasteiger partial charge in [-0.2, -0.15) is 10.2 Å². The lowest BCUT2D eigenvalue weighted by Gasteiger charge is -2.09. The zero-order valence-corrected chi connectivity index (χ0v) is 13.8. The maximum Gasteiger partial charge on any atom is 0.283 e. The molecule has 7 nitrogen and oxygen atoms in total. The van der Waals surface area contributed by atoms with E-state index in [1.807, 2.05) is 7.05 Å². The number of aromatic nitrogens is 5. The number of nitrogens with one attached hydrogen (secondary N) is 1. The summed E-state index contributed by atoms with van der Waals surface area (Å²) >= 11 is 3.34. The van der Waals surface area contributed by atoms with E-state index < -0.39 is 0 Å². The van der Waals surface area contributed by atoms with E-state index in [0.29, 0.717) is 29.7 Å². The summed E-state index contributed by atoms with van der Waals surface area (Å²) in [6, 6.07) is 0. The fraction of sp³-hybridized carbons (Fsp3) is 0.538.